The number of anilines is 1. The average molecular weight is 292 g/mol. The summed E-state index contributed by atoms with van der Waals surface area (Å²) < 4.78 is 13.1. The Kier molecular flexibility index (Phi) is 4.60. The number of nitrogens with zero attached hydrogens (tertiary/aromatic N) is 1. The fourth-order valence-corrected chi connectivity index (χ4v) is 2.68. The lowest BCUT2D eigenvalue weighted by atomic mass is 9.97. The standard InChI is InChI=1S/C16H21FN2O2/c1-4-14-15(20)18-13(9-10(2)3)16(21)19(14)12-7-5-11(17)6-8-12/h5-8,10,13-14H,4,9H2,1-3H3,(H,18,20). The van der Waals surface area contributed by atoms with Gasteiger partial charge in [0.1, 0.15) is 17.9 Å². The van der Waals surface area contributed by atoms with Crippen LogP contribution in [0.15, 0.2) is 24.3 Å². The summed E-state index contributed by atoms with van der Waals surface area (Å²) >= 11 is 0. The monoisotopic (exact) mass is 292 g/mol. The minimum Gasteiger partial charge on any atom is -0.342 e. The molecule has 1 N–H and O–H groups in total. The molecule has 2 atom stereocenters. The van der Waals surface area contributed by atoms with Gasteiger partial charge in [0.05, 0.1) is 0 Å². The van der Waals surface area contributed by atoms with E-state index in [2.05, 4.69) is 5.32 Å². The van der Waals surface area contributed by atoms with E-state index in [1.165, 1.54) is 17.0 Å². The molecule has 1 fully saturated rings. The van der Waals surface area contributed by atoms with Crippen LogP contribution < -0.4 is 10.2 Å². The van der Waals surface area contributed by atoms with Crippen molar-refractivity contribution in [3.63, 3.8) is 0 Å². The number of amides is 2. The van der Waals surface area contributed by atoms with Gasteiger partial charge in [-0.2, -0.15) is 0 Å². The van der Waals surface area contributed by atoms with E-state index in [1.54, 1.807) is 12.1 Å². The normalized spacial score (nSPS) is 22.6. The van der Waals surface area contributed by atoms with Crippen LogP contribution in [-0.4, -0.2) is 23.9 Å². The summed E-state index contributed by atoms with van der Waals surface area (Å²) in [7, 11) is 0. The van der Waals surface area contributed by atoms with Crippen LogP contribution in [0.5, 0.6) is 0 Å². The number of hydrogen-bond acceptors (Lipinski definition) is 2. The van der Waals surface area contributed by atoms with Gasteiger partial charge in [-0.1, -0.05) is 20.8 Å². The number of rotatable bonds is 4. The number of carbonyl (C=O) groups excluding carboxylic acids is 2. The van der Waals surface area contributed by atoms with Gasteiger partial charge < -0.3 is 5.32 Å². The minimum atomic E-state index is -0.536. The molecule has 2 amide bonds. The van der Waals surface area contributed by atoms with Gasteiger partial charge in [0.25, 0.3) is 0 Å². The maximum absolute atomic E-state index is 13.1. The lowest BCUT2D eigenvalue weighted by Crippen LogP contribution is -2.63. The molecule has 0 spiro atoms. The second kappa shape index (κ2) is 6.24. The molecule has 1 saturated heterocycles. The summed E-state index contributed by atoms with van der Waals surface area (Å²) in [6.45, 7) is 5.87. The number of hydrogen-bond donors (Lipinski definition) is 1. The molecule has 0 bridgehead atoms. The Morgan fingerprint density at radius 3 is 2.38 bits per heavy atom. The molecule has 1 aliphatic heterocycles. The van der Waals surface area contributed by atoms with Gasteiger partial charge in [-0.05, 0) is 43.0 Å². The molecule has 2 rings (SSSR count). The van der Waals surface area contributed by atoms with Gasteiger partial charge >= 0.3 is 0 Å². The lowest BCUT2D eigenvalue weighted by molar-refractivity contribution is -0.134. The van der Waals surface area contributed by atoms with Crippen LogP contribution in [0.4, 0.5) is 10.1 Å². The molecule has 1 aromatic carbocycles. The second-order valence-corrected chi connectivity index (χ2v) is 5.80. The number of nitrogens with one attached hydrogen (secondary N) is 1. The Bertz CT molecular complexity index is 528. The van der Waals surface area contributed by atoms with Crippen molar-refractivity contribution in [2.75, 3.05) is 4.90 Å². The summed E-state index contributed by atoms with van der Waals surface area (Å²) in [5, 5.41) is 2.81. The molecule has 21 heavy (non-hydrogen) atoms. The van der Waals surface area contributed by atoms with E-state index in [0.717, 1.165) is 0 Å². The van der Waals surface area contributed by atoms with Crippen LogP contribution in [0.25, 0.3) is 0 Å². The van der Waals surface area contributed by atoms with E-state index < -0.39 is 12.1 Å². The van der Waals surface area contributed by atoms with E-state index in [4.69, 9.17) is 0 Å². The molecule has 1 aliphatic rings. The molecule has 0 aromatic heterocycles. The first-order chi connectivity index (χ1) is 9.93. The van der Waals surface area contributed by atoms with Crippen LogP contribution in [0.1, 0.15) is 33.6 Å². The number of benzene rings is 1. The van der Waals surface area contributed by atoms with Gasteiger partial charge in [-0.3, -0.25) is 14.5 Å². The predicted molar refractivity (Wildman–Crippen MR) is 79.4 cm³/mol. The Labute approximate surface area is 124 Å². The first-order valence-electron chi connectivity index (χ1n) is 7.33. The fraction of sp³-hybridized carbons (Fsp3) is 0.500. The second-order valence-electron chi connectivity index (χ2n) is 5.80. The third kappa shape index (κ3) is 3.23. The van der Waals surface area contributed by atoms with E-state index in [0.29, 0.717) is 24.4 Å². The average Bonchev–Trinajstić information content (AvgIpc) is 2.43. The molecule has 1 heterocycles. The third-order valence-electron chi connectivity index (χ3n) is 3.66. The molecular formula is C16H21FN2O2. The number of carbonyl (C=O) groups is 2. The molecule has 1 aromatic rings. The van der Waals surface area contributed by atoms with E-state index >= 15 is 0 Å². The Balaban J connectivity index is 2.34. The van der Waals surface area contributed by atoms with Gasteiger partial charge in [0, 0.05) is 5.69 Å². The summed E-state index contributed by atoms with van der Waals surface area (Å²) in [6.07, 6.45) is 1.11. The summed E-state index contributed by atoms with van der Waals surface area (Å²) in [5.41, 5.74) is 0.567. The van der Waals surface area contributed by atoms with Gasteiger partial charge in [0.2, 0.25) is 11.8 Å². The van der Waals surface area contributed by atoms with Crippen molar-refractivity contribution in [2.24, 2.45) is 5.92 Å². The lowest BCUT2D eigenvalue weighted by Gasteiger charge is -2.39. The third-order valence-corrected chi connectivity index (χ3v) is 3.66. The highest BCUT2D eigenvalue weighted by molar-refractivity contribution is 6.08. The molecule has 5 heteroatoms. The van der Waals surface area contributed by atoms with Crippen molar-refractivity contribution in [1.29, 1.82) is 0 Å². The highest BCUT2D eigenvalue weighted by Crippen LogP contribution is 2.25. The van der Waals surface area contributed by atoms with Crippen molar-refractivity contribution < 1.29 is 14.0 Å². The number of piperazine rings is 1. The van der Waals surface area contributed by atoms with Crippen molar-refractivity contribution in [3.8, 4) is 0 Å². The summed E-state index contributed by atoms with van der Waals surface area (Å²) in [6, 6.07) is 4.65. The smallest absolute Gasteiger partial charge is 0.250 e. The molecule has 2 unspecified atom stereocenters. The molecule has 0 saturated carbocycles. The first-order valence-corrected chi connectivity index (χ1v) is 7.33. The summed E-state index contributed by atoms with van der Waals surface area (Å²) in [4.78, 5) is 26.4. The molecule has 114 valence electrons. The molecule has 0 aliphatic carbocycles. The zero-order valence-corrected chi connectivity index (χ0v) is 12.6. The van der Waals surface area contributed by atoms with Crippen LogP contribution in [0.2, 0.25) is 0 Å². The maximum Gasteiger partial charge on any atom is 0.250 e. The topological polar surface area (TPSA) is 49.4 Å². The van der Waals surface area contributed by atoms with Crippen LogP contribution >= 0.6 is 0 Å². The SMILES string of the molecule is CCC1C(=O)NC(CC(C)C)C(=O)N1c1ccc(F)cc1. The minimum absolute atomic E-state index is 0.123. The highest BCUT2D eigenvalue weighted by atomic mass is 19.1. The van der Waals surface area contributed by atoms with E-state index in [1.807, 2.05) is 20.8 Å². The zero-order chi connectivity index (χ0) is 15.6. The van der Waals surface area contributed by atoms with Crippen molar-refractivity contribution in [1.82, 2.24) is 5.32 Å². The number of halogens is 1. The van der Waals surface area contributed by atoms with Gasteiger partial charge in [-0.15, -0.1) is 0 Å². The Morgan fingerprint density at radius 2 is 1.86 bits per heavy atom. The molecule has 4 nitrogen and oxygen atoms in total. The largest absolute Gasteiger partial charge is 0.342 e. The molecule has 0 radical (unpaired) electrons. The molecular weight excluding hydrogens is 271 g/mol. The first kappa shape index (κ1) is 15.5. The quantitative estimate of drug-likeness (QED) is 0.927. The van der Waals surface area contributed by atoms with E-state index in [-0.39, 0.29) is 17.6 Å². The van der Waals surface area contributed by atoms with Crippen LogP contribution in [-0.2, 0) is 9.59 Å². The Morgan fingerprint density at radius 1 is 1.24 bits per heavy atom. The van der Waals surface area contributed by atoms with Gasteiger partial charge in [-0.25, -0.2) is 4.39 Å². The highest BCUT2D eigenvalue weighted by Gasteiger charge is 2.40. The fourth-order valence-electron chi connectivity index (χ4n) is 2.68. The van der Waals surface area contributed by atoms with Crippen molar-refractivity contribution in [3.05, 3.63) is 30.1 Å². The van der Waals surface area contributed by atoms with Crippen molar-refractivity contribution in [2.45, 2.75) is 45.7 Å². The Hall–Kier alpha value is -1.91. The predicted octanol–water partition coefficient (Wildman–Crippen LogP) is 2.48. The van der Waals surface area contributed by atoms with Gasteiger partial charge in [0.15, 0.2) is 0 Å². The van der Waals surface area contributed by atoms with Crippen molar-refractivity contribution >= 4 is 17.5 Å². The summed E-state index contributed by atoms with van der Waals surface area (Å²) in [5.74, 6) is -0.333. The van der Waals surface area contributed by atoms with Crippen LogP contribution in [0.3, 0.4) is 0 Å². The van der Waals surface area contributed by atoms with E-state index in [9.17, 15) is 14.0 Å². The maximum atomic E-state index is 13.1. The zero-order valence-electron chi connectivity index (χ0n) is 12.6. The van der Waals surface area contributed by atoms with Crippen LogP contribution in [0, 0.1) is 11.7 Å².